The second-order valence-electron chi connectivity index (χ2n) is 8.04. The standard InChI is InChI=1S/C22H27N5O/c1-25-10-12-26(13-11-25)22-18-8-3-4-9-19(18)23-21-15-20(24-27(21)22)16-6-5-7-17(14-16)28-2/h5-7,14-15H,3-4,8-13H2,1-2H3/p+1. The number of piperazine rings is 1. The molecule has 146 valence electrons. The monoisotopic (exact) mass is 378 g/mol. The summed E-state index contributed by atoms with van der Waals surface area (Å²) in [6, 6.07) is 10.2. The molecule has 1 aliphatic heterocycles. The number of anilines is 1. The van der Waals surface area contributed by atoms with Crippen molar-refractivity contribution in [3.05, 3.63) is 41.6 Å². The van der Waals surface area contributed by atoms with E-state index in [9.17, 15) is 0 Å². The summed E-state index contributed by atoms with van der Waals surface area (Å²) in [7, 11) is 3.98. The van der Waals surface area contributed by atoms with Crippen molar-refractivity contribution in [1.29, 1.82) is 0 Å². The van der Waals surface area contributed by atoms with Crippen LogP contribution in [0.15, 0.2) is 30.3 Å². The van der Waals surface area contributed by atoms with Crippen LogP contribution in [-0.4, -0.2) is 54.9 Å². The number of nitrogens with one attached hydrogen (secondary N) is 1. The third-order valence-corrected chi connectivity index (χ3v) is 6.13. The first-order valence-corrected chi connectivity index (χ1v) is 10.3. The first kappa shape index (κ1) is 17.5. The molecule has 1 aliphatic carbocycles. The van der Waals surface area contributed by atoms with Crippen molar-refractivity contribution in [2.75, 3.05) is 45.2 Å². The van der Waals surface area contributed by atoms with Crippen LogP contribution in [0.25, 0.3) is 16.9 Å². The number of fused-ring (bicyclic) bond motifs is 2. The van der Waals surface area contributed by atoms with Gasteiger partial charge in [0, 0.05) is 22.9 Å². The average Bonchev–Trinajstić information content (AvgIpc) is 3.16. The van der Waals surface area contributed by atoms with Gasteiger partial charge >= 0.3 is 0 Å². The molecule has 0 spiro atoms. The number of ether oxygens (including phenoxy) is 1. The van der Waals surface area contributed by atoms with Crippen molar-refractivity contribution in [3.8, 4) is 17.0 Å². The van der Waals surface area contributed by atoms with Gasteiger partial charge in [-0.15, -0.1) is 0 Å². The number of aryl methyl sites for hydroxylation is 1. The minimum Gasteiger partial charge on any atom is -0.497 e. The lowest BCUT2D eigenvalue weighted by Gasteiger charge is -2.34. The molecule has 1 saturated heterocycles. The Kier molecular flexibility index (Phi) is 4.43. The first-order chi connectivity index (χ1) is 13.7. The molecule has 6 heteroatoms. The molecule has 0 atom stereocenters. The van der Waals surface area contributed by atoms with E-state index in [1.165, 1.54) is 43.0 Å². The summed E-state index contributed by atoms with van der Waals surface area (Å²) in [4.78, 5) is 9.15. The molecule has 3 aromatic rings. The zero-order valence-corrected chi connectivity index (χ0v) is 16.7. The van der Waals surface area contributed by atoms with Crippen LogP contribution in [-0.2, 0) is 12.8 Å². The summed E-state index contributed by atoms with van der Waals surface area (Å²) in [5, 5.41) is 5.01. The first-order valence-electron chi connectivity index (χ1n) is 10.3. The number of hydrogen-bond acceptors (Lipinski definition) is 4. The quantitative estimate of drug-likeness (QED) is 0.752. The lowest BCUT2D eigenvalue weighted by molar-refractivity contribution is -0.880. The van der Waals surface area contributed by atoms with Gasteiger partial charge in [0.25, 0.3) is 0 Å². The fraction of sp³-hybridized carbons (Fsp3) is 0.455. The lowest BCUT2D eigenvalue weighted by atomic mass is 9.96. The Labute approximate surface area is 165 Å². The van der Waals surface area contributed by atoms with Crippen molar-refractivity contribution in [2.24, 2.45) is 0 Å². The number of methoxy groups -OCH3 is 1. The summed E-state index contributed by atoms with van der Waals surface area (Å²) in [6.07, 6.45) is 4.67. The SMILES string of the molecule is COc1cccc(-c2cc3nc4c(c(N5CC[NH+](C)CC5)n3n2)CCCC4)c1. The third-order valence-electron chi connectivity index (χ3n) is 6.13. The molecule has 1 aromatic carbocycles. The summed E-state index contributed by atoms with van der Waals surface area (Å²) in [5.74, 6) is 2.13. The van der Waals surface area contributed by atoms with Crippen molar-refractivity contribution < 1.29 is 9.64 Å². The maximum Gasteiger partial charge on any atom is 0.158 e. The predicted octanol–water partition coefficient (Wildman–Crippen LogP) is 1.62. The van der Waals surface area contributed by atoms with Gasteiger partial charge in [-0.25, -0.2) is 4.98 Å². The second-order valence-corrected chi connectivity index (χ2v) is 8.04. The highest BCUT2D eigenvalue weighted by atomic mass is 16.5. The van der Waals surface area contributed by atoms with Crippen LogP contribution in [0, 0.1) is 0 Å². The largest absolute Gasteiger partial charge is 0.497 e. The van der Waals surface area contributed by atoms with Crippen molar-refractivity contribution >= 4 is 11.5 Å². The minimum atomic E-state index is 0.851. The van der Waals surface area contributed by atoms with Crippen molar-refractivity contribution in [3.63, 3.8) is 0 Å². The Balaban J connectivity index is 1.66. The van der Waals surface area contributed by atoms with E-state index in [0.29, 0.717) is 0 Å². The molecule has 0 bridgehead atoms. The van der Waals surface area contributed by atoms with Crippen LogP contribution in [0.1, 0.15) is 24.1 Å². The van der Waals surface area contributed by atoms with E-state index in [2.05, 4.69) is 28.6 Å². The van der Waals surface area contributed by atoms with E-state index in [-0.39, 0.29) is 0 Å². The van der Waals surface area contributed by atoms with E-state index < -0.39 is 0 Å². The molecule has 2 aliphatic rings. The van der Waals surface area contributed by atoms with Crippen LogP contribution in [0.4, 0.5) is 5.82 Å². The highest BCUT2D eigenvalue weighted by Gasteiger charge is 2.27. The van der Waals surface area contributed by atoms with Gasteiger partial charge in [0.05, 0.1) is 46.0 Å². The van der Waals surface area contributed by atoms with Crippen LogP contribution in [0.5, 0.6) is 5.75 Å². The fourth-order valence-corrected chi connectivity index (χ4v) is 4.48. The van der Waals surface area contributed by atoms with Gasteiger partial charge in [-0.3, -0.25) is 0 Å². The van der Waals surface area contributed by atoms with Crippen LogP contribution < -0.4 is 14.5 Å². The van der Waals surface area contributed by atoms with Crippen LogP contribution >= 0.6 is 0 Å². The van der Waals surface area contributed by atoms with E-state index in [0.717, 1.165) is 48.6 Å². The topological polar surface area (TPSA) is 47.1 Å². The van der Waals surface area contributed by atoms with Gasteiger partial charge in [0.15, 0.2) is 5.65 Å². The maximum absolute atomic E-state index is 5.40. The van der Waals surface area contributed by atoms with E-state index in [1.54, 1.807) is 12.0 Å². The molecular formula is C22H28N5O+. The number of nitrogens with zero attached hydrogens (tertiary/aromatic N) is 4. The number of aromatic nitrogens is 3. The molecule has 0 unspecified atom stereocenters. The van der Waals surface area contributed by atoms with E-state index >= 15 is 0 Å². The van der Waals surface area contributed by atoms with Crippen LogP contribution in [0.2, 0.25) is 0 Å². The lowest BCUT2D eigenvalue weighted by Crippen LogP contribution is -3.12. The zero-order valence-electron chi connectivity index (χ0n) is 16.7. The highest BCUT2D eigenvalue weighted by molar-refractivity contribution is 5.68. The van der Waals surface area contributed by atoms with E-state index in [4.69, 9.17) is 14.8 Å². The molecule has 1 fully saturated rings. The molecule has 6 nitrogen and oxygen atoms in total. The molecule has 0 amide bonds. The highest BCUT2D eigenvalue weighted by Crippen LogP contribution is 2.32. The fourth-order valence-electron chi connectivity index (χ4n) is 4.48. The average molecular weight is 379 g/mol. The molecule has 5 rings (SSSR count). The van der Waals surface area contributed by atoms with Gasteiger partial charge in [0.2, 0.25) is 0 Å². The maximum atomic E-state index is 5.40. The molecule has 0 saturated carbocycles. The molecule has 0 radical (unpaired) electrons. The number of likely N-dealkylation sites (N-methyl/N-ethyl adjacent to an activating group) is 1. The number of quaternary nitrogens is 1. The zero-order chi connectivity index (χ0) is 19.1. The molecule has 3 heterocycles. The minimum absolute atomic E-state index is 0.851. The van der Waals surface area contributed by atoms with Gasteiger partial charge in [-0.1, -0.05) is 12.1 Å². The Bertz CT molecular complexity index is 1000. The Morgan fingerprint density at radius 2 is 1.89 bits per heavy atom. The Morgan fingerprint density at radius 3 is 2.71 bits per heavy atom. The van der Waals surface area contributed by atoms with Crippen LogP contribution in [0.3, 0.4) is 0 Å². The molecule has 2 aromatic heterocycles. The Morgan fingerprint density at radius 1 is 1.07 bits per heavy atom. The third kappa shape index (κ3) is 3.02. The normalized spacial score (nSPS) is 17.7. The predicted molar refractivity (Wildman–Crippen MR) is 110 cm³/mol. The smallest absolute Gasteiger partial charge is 0.158 e. The van der Waals surface area contributed by atoms with Gasteiger partial charge in [0.1, 0.15) is 11.6 Å². The molecule has 28 heavy (non-hydrogen) atoms. The van der Waals surface area contributed by atoms with Gasteiger partial charge in [-0.05, 0) is 37.8 Å². The van der Waals surface area contributed by atoms with E-state index in [1.807, 2.05) is 18.2 Å². The number of benzene rings is 1. The van der Waals surface area contributed by atoms with Gasteiger partial charge < -0.3 is 14.5 Å². The number of hydrogen-bond donors (Lipinski definition) is 1. The van der Waals surface area contributed by atoms with Crippen molar-refractivity contribution in [1.82, 2.24) is 14.6 Å². The summed E-state index contributed by atoms with van der Waals surface area (Å²) >= 11 is 0. The second kappa shape index (κ2) is 7.09. The number of rotatable bonds is 3. The summed E-state index contributed by atoms with van der Waals surface area (Å²) in [6.45, 7) is 4.49. The molecular weight excluding hydrogens is 350 g/mol. The van der Waals surface area contributed by atoms with Crippen molar-refractivity contribution in [2.45, 2.75) is 25.7 Å². The Hall–Kier alpha value is -2.60. The van der Waals surface area contributed by atoms with Gasteiger partial charge in [-0.2, -0.15) is 9.61 Å². The summed E-state index contributed by atoms with van der Waals surface area (Å²) < 4.78 is 7.50. The summed E-state index contributed by atoms with van der Waals surface area (Å²) in [5.41, 5.74) is 5.67. The molecule has 1 N–H and O–H groups in total.